The van der Waals surface area contributed by atoms with E-state index in [0.29, 0.717) is 17.5 Å². The number of piperazine rings is 1. The van der Waals surface area contributed by atoms with Gasteiger partial charge in [-0.2, -0.15) is 0 Å². The number of carbonyl (C=O) groups excluding carboxylic acids is 1. The van der Waals surface area contributed by atoms with Crippen molar-refractivity contribution in [2.45, 2.75) is 19.3 Å². The molecule has 4 N–H and O–H groups in total. The Balaban J connectivity index is 0.985. The van der Waals surface area contributed by atoms with Gasteiger partial charge in [-0.3, -0.25) is 14.6 Å². The summed E-state index contributed by atoms with van der Waals surface area (Å²) < 4.78 is 17.4. The number of fused-ring (bicyclic) bond motifs is 3. The quantitative estimate of drug-likeness (QED) is 0.175. The second kappa shape index (κ2) is 13.7. The monoisotopic (exact) mass is 645 g/mol. The van der Waals surface area contributed by atoms with Crippen molar-refractivity contribution >= 4 is 62.4 Å². The molecule has 0 unspecified atom stereocenters. The molecule has 3 fully saturated rings. The van der Waals surface area contributed by atoms with E-state index >= 15 is 0 Å². The number of H-pyrrole nitrogens is 2. The van der Waals surface area contributed by atoms with Crippen molar-refractivity contribution in [3.05, 3.63) is 42.7 Å². The van der Waals surface area contributed by atoms with Crippen molar-refractivity contribution in [2.24, 2.45) is 5.92 Å². The Kier molecular flexibility index (Phi) is 9.04. The van der Waals surface area contributed by atoms with Crippen molar-refractivity contribution in [3.63, 3.8) is 0 Å². The van der Waals surface area contributed by atoms with E-state index in [2.05, 4.69) is 40.3 Å². The second-order valence-electron chi connectivity index (χ2n) is 12.0. The van der Waals surface area contributed by atoms with Crippen LogP contribution in [0, 0.1) is 5.92 Å². The molecule has 1 amide bonds. The van der Waals surface area contributed by atoms with Crippen LogP contribution in [-0.4, -0.2) is 104 Å². The Morgan fingerprint density at radius 2 is 1.78 bits per heavy atom. The van der Waals surface area contributed by atoms with Gasteiger partial charge in [0.25, 0.3) is 0 Å². The first-order valence-electron chi connectivity index (χ1n) is 16.1. The van der Waals surface area contributed by atoms with Crippen LogP contribution >= 0.6 is 12.2 Å². The molecule has 242 valence electrons. The molecule has 1 saturated carbocycles. The molecule has 13 heteroatoms. The third-order valence-electron chi connectivity index (χ3n) is 8.91. The number of carbonyl (C=O) groups is 1. The standard InChI is InChI=1S/C33H40N8O4S/c1-43-27-19-25-26(20-28(27)45-16-2-9-39-14-17-44-18-15-39)38-30-29(25)31(35-21-34-30)40-10-12-41(13-11-40)33(46)37-24-7-5-23(6-8-24)36-32(42)22-3-4-22/h5-8,19-22H,2-4,9-18H2,1H3,(H,36,42)(H,37,46)(H,34,35,38)/p+1. The number of ether oxygens (including phenoxy) is 3. The molecule has 4 aromatic rings. The number of amides is 1. The molecule has 7 rings (SSSR count). The van der Waals surface area contributed by atoms with Crippen molar-refractivity contribution in [1.29, 1.82) is 0 Å². The lowest BCUT2D eigenvalue weighted by atomic mass is 10.1. The number of rotatable bonds is 10. The van der Waals surface area contributed by atoms with Crippen LogP contribution in [0.1, 0.15) is 19.3 Å². The predicted octanol–water partition coefficient (Wildman–Crippen LogP) is 3.51. The predicted molar refractivity (Wildman–Crippen MR) is 182 cm³/mol. The van der Waals surface area contributed by atoms with E-state index in [1.807, 2.05) is 36.4 Å². The molecule has 2 aromatic heterocycles. The average Bonchev–Trinajstić information content (AvgIpc) is 3.88. The minimum Gasteiger partial charge on any atom is -0.493 e. The van der Waals surface area contributed by atoms with Crippen LogP contribution in [0.15, 0.2) is 42.7 Å². The SMILES string of the molecule is COc1cc2c(cc1OCCCN1CCOCC1)[nH]c1nc[nH+]c(N3CCN(C(=S)Nc4ccc(NC(=O)C5CC5)cc4)CC3)c12. The molecular weight excluding hydrogens is 604 g/mol. The molecule has 2 aliphatic heterocycles. The molecular formula is C33H41N8O4S+. The number of morpholine rings is 1. The first-order chi connectivity index (χ1) is 22.6. The number of aromatic amines is 2. The van der Waals surface area contributed by atoms with Crippen molar-refractivity contribution in [1.82, 2.24) is 19.8 Å². The van der Waals surface area contributed by atoms with Crippen LogP contribution in [0.5, 0.6) is 11.5 Å². The van der Waals surface area contributed by atoms with E-state index in [-0.39, 0.29) is 11.8 Å². The summed E-state index contributed by atoms with van der Waals surface area (Å²) in [5, 5.41) is 9.07. The molecule has 2 aromatic carbocycles. The summed E-state index contributed by atoms with van der Waals surface area (Å²) in [6.45, 7) is 8.29. The Labute approximate surface area is 273 Å². The summed E-state index contributed by atoms with van der Waals surface area (Å²) in [5.74, 6) is 2.72. The number of aromatic nitrogens is 3. The lowest BCUT2D eigenvalue weighted by Gasteiger charge is -2.34. The number of hydrogen-bond acceptors (Lipinski definition) is 8. The lowest BCUT2D eigenvalue weighted by molar-refractivity contribution is -0.367. The lowest BCUT2D eigenvalue weighted by Crippen LogP contribution is -2.51. The topological polar surface area (TPSA) is 121 Å². The summed E-state index contributed by atoms with van der Waals surface area (Å²) in [5.41, 5.74) is 3.47. The summed E-state index contributed by atoms with van der Waals surface area (Å²) in [4.78, 5) is 30.5. The Morgan fingerprint density at radius 1 is 1.04 bits per heavy atom. The first kappa shape index (κ1) is 30.5. The van der Waals surface area contributed by atoms with Gasteiger partial charge in [0.15, 0.2) is 16.6 Å². The zero-order chi connectivity index (χ0) is 31.5. The highest BCUT2D eigenvalue weighted by Gasteiger charge is 2.30. The minimum absolute atomic E-state index is 0.106. The van der Waals surface area contributed by atoms with Gasteiger partial charge < -0.3 is 34.7 Å². The van der Waals surface area contributed by atoms with Gasteiger partial charge in [-0.15, -0.1) is 0 Å². The zero-order valence-electron chi connectivity index (χ0n) is 26.1. The van der Waals surface area contributed by atoms with E-state index < -0.39 is 0 Å². The number of nitrogens with zero attached hydrogens (tertiary/aromatic N) is 4. The number of thiocarbonyl (C=S) groups is 1. The Bertz CT molecular complexity index is 1700. The fourth-order valence-corrected chi connectivity index (χ4v) is 6.43. The highest BCUT2D eigenvalue weighted by Crippen LogP contribution is 2.38. The number of methoxy groups -OCH3 is 1. The number of hydrogen-bond donors (Lipinski definition) is 3. The molecule has 46 heavy (non-hydrogen) atoms. The smallest absolute Gasteiger partial charge is 0.234 e. The van der Waals surface area contributed by atoms with Gasteiger partial charge in [-0.05, 0) is 61.8 Å². The fourth-order valence-electron chi connectivity index (χ4n) is 6.13. The summed E-state index contributed by atoms with van der Waals surface area (Å²) in [7, 11) is 1.68. The molecule has 0 radical (unpaired) electrons. The van der Waals surface area contributed by atoms with E-state index in [1.165, 1.54) is 0 Å². The van der Waals surface area contributed by atoms with Crippen LogP contribution in [0.4, 0.5) is 17.2 Å². The average molecular weight is 646 g/mol. The molecule has 4 heterocycles. The summed E-state index contributed by atoms with van der Waals surface area (Å²) >= 11 is 5.76. The van der Waals surface area contributed by atoms with E-state index in [0.717, 1.165) is 123 Å². The normalized spacial score (nSPS) is 17.3. The third kappa shape index (κ3) is 6.81. The van der Waals surface area contributed by atoms with Crippen LogP contribution in [-0.2, 0) is 9.53 Å². The summed E-state index contributed by atoms with van der Waals surface area (Å²) in [6.07, 6.45) is 4.65. The van der Waals surface area contributed by atoms with Gasteiger partial charge in [0.05, 0.1) is 58.6 Å². The number of anilines is 3. The maximum Gasteiger partial charge on any atom is 0.234 e. The van der Waals surface area contributed by atoms with Gasteiger partial charge >= 0.3 is 0 Å². The first-order valence-corrected chi connectivity index (χ1v) is 16.5. The molecule has 0 bridgehead atoms. The van der Waals surface area contributed by atoms with E-state index in [1.54, 1.807) is 13.4 Å². The Hall–Kier alpha value is -4.20. The largest absolute Gasteiger partial charge is 0.493 e. The van der Waals surface area contributed by atoms with E-state index in [4.69, 9.17) is 26.4 Å². The van der Waals surface area contributed by atoms with Crippen molar-refractivity contribution in [3.8, 4) is 11.5 Å². The van der Waals surface area contributed by atoms with Gasteiger partial charge in [0.1, 0.15) is 5.39 Å². The highest BCUT2D eigenvalue weighted by atomic mass is 32.1. The Morgan fingerprint density at radius 3 is 2.50 bits per heavy atom. The molecule has 3 aliphatic rings. The molecule has 1 aliphatic carbocycles. The van der Waals surface area contributed by atoms with Crippen LogP contribution in [0.25, 0.3) is 21.9 Å². The maximum absolute atomic E-state index is 12.0. The molecule has 0 spiro atoms. The molecule has 12 nitrogen and oxygen atoms in total. The van der Waals surface area contributed by atoms with Gasteiger partial charge in [-0.25, -0.2) is 4.98 Å². The summed E-state index contributed by atoms with van der Waals surface area (Å²) in [6, 6.07) is 11.8. The van der Waals surface area contributed by atoms with Gasteiger partial charge in [0.2, 0.25) is 23.7 Å². The third-order valence-corrected chi connectivity index (χ3v) is 9.27. The van der Waals surface area contributed by atoms with E-state index in [9.17, 15) is 4.79 Å². The van der Waals surface area contributed by atoms with Crippen molar-refractivity contribution < 1.29 is 24.0 Å². The second-order valence-corrected chi connectivity index (χ2v) is 12.4. The maximum atomic E-state index is 12.0. The zero-order valence-corrected chi connectivity index (χ0v) is 27.0. The molecule has 2 saturated heterocycles. The van der Waals surface area contributed by atoms with Crippen LogP contribution in [0.2, 0.25) is 0 Å². The van der Waals surface area contributed by atoms with Crippen LogP contribution < -0.4 is 30.0 Å². The number of nitrogens with one attached hydrogen (secondary N) is 4. The molecule has 0 atom stereocenters. The fraction of sp³-hybridized carbons (Fsp3) is 0.455. The highest BCUT2D eigenvalue weighted by molar-refractivity contribution is 7.80. The van der Waals surface area contributed by atoms with Gasteiger partial charge in [-0.1, -0.05) is 4.98 Å². The minimum atomic E-state index is 0.106. The van der Waals surface area contributed by atoms with Crippen LogP contribution in [0.3, 0.4) is 0 Å². The van der Waals surface area contributed by atoms with Gasteiger partial charge in [0, 0.05) is 48.4 Å². The number of benzene rings is 2. The van der Waals surface area contributed by atoms with Crippen molar-refractivity contribution in [2.75, 3.05) is 88.3 Å².